The average Bonchev–Trinajstić information content (AvgIpc) is 3.35. The Labute approximate surface area is 138 Å². The molecule has 2 aromatic heterocycles. The lowest BCUT2D eigenvalue weighted by molar-refractivity contribution is 0.0790. The second-order valence-corrected chi connectivity index (χ2v) is 5.96. The zero-order chi connectivity index (χ0) is 16.5. The Morgan fingerprint density at radius 2 is 2.12 bits per heavy atom. The summed E-state index contributed by atoms with van der Waals surface area (Å²) >= 11 is 0. The molecule has 1 aliphatic rings. The molecular formula is C17H17N5O2. The largest absolute Gasteiger partial charge is 0.338 e. The molecule has 1 saturated heterocycles. The molecule has 4 rings (SSSR count). The fourth-order valence-corrected chi connectivity index (χ4v) is 2.97. The van der Waals surface area contributed by atoms with Crippen LogP contribution in [0.3, 0.4) is 0 Å². The van der Waals surface area contributed by atoms with Crippen LogP contribution < -0.4 is 0 Å². The van der Waals surface area contributed by atoms with Gasteiger partial charge in [0, 0.05) is 37.8 Å². The fraction of sp³-hybridized carbons (Fsp3) is 0.294. The van der Waals surface area contributed by atoms with Gasteiger partial charge in [0.1, 0.15) is 0 Å². The number of likely N-dealkylation sites (tertiary alicyclic amines) is 1. The van der Waals surface area contributed by atoms with Gasteiger partial charge in [0.15, 0.2) is 5.82 Å². The van der Waals surface area contributed by atoms with Gasteiger partial charge in [-0.3, -0.25) is 9.48 Å². The molecule has 1 aromatic carbocycles. The summed E-state index contributed by atoms with van der Waals surface area (Å²) in [6, 6.07) is 9.68. The van der Waals surface area contributed by atoms with E-state index >= 15 is 0 Å². The Morgan fingerprint density at radius 1 is 1.29 bits per heavy atom. The van der Waals surface area contributed by atoms with E-state index in [9.17, 15) is 4.79 Å². The quantitative estimate of drug-likeness (QED) is 0.737. The normalized spacial score (nSPS) is 17.4. The number of carbonyl (C=O) groups excluding carboxylic acids is 1. The number of aromatic nitrogens is 4. The zero-order valence-electron chi connectivity index (χ0n) is 13.3. The van der Waals surface area contributed by atoms with Crippen molar-refractivity contribution in [2.45, 2.75) is 12.3 Å². The predicted molar refractivity (Wildman–Crippen MR) is 86.2 cm³/mol. The van der Waals surface area contributed by atoms with Crippen molar-refractivity contribution < 1.29 is 9.32 Å². The molecule has 7 heteroatoms. The third-order valence-electron chi connectivity index (χ3n) is 4.25. The van der Waals surface area contributed by atoms with Crippen LogP contribution in [0.15, 0.2) is 47.2 Å². The molecule has 1 unspecified atom stereocenters. The molecule has 3 heterocycles. The lowest BCUT2D eigenvalue weighted by Gasteiger charge is -2.14. The van der Waals surface area contributed by atoms with Crippen LogP contribution in [0, 0.1) is 0 Å². The molecule has 0 aliphatic carbocycles. The predicted octanol–water partition coefficient (Wildman–Crippen LogP) is 2.10. The Balaban J connectivity index is 1.47. The minimum Gasteiger partial charge on any atom is -0.338 e. The van der Waals surface area contributed by atoms with Gasteiger partial charge in [0.25, 0.3) is 11.8 Å². The Hall–Kier alpha value is -2.96. The molecule has 24 heavy (non-hydrogen) atoms. The maximum absolute atomic E-state index is 12.5. The van der Waals surface area contributed by atoms with Gasteiger partial charge in [0.2, 0.25) is 0 Å². The minimum absolute atomic E-state index is 0.00243. The van der Waals surface area contributed by atoms with Crippen molar-refractivity contribution in [2.75, 3.05) is 13.1 Å². The summed E-state index contributed by atoms with van der Waals surface area (Å²) in [5.41, 5.74) is 1.51. The van der Waals surface area contributed by atoms with Gasteiger partial charge in [-0.25, -0.2) is 0 Å². The summed E-state index contributed by atoms with van der Waals surface area (Å²) in [6.45, 7) is 1.29. The number of nitrogens with zero attached hydrogens (tertiary/aromatic N) is 5. The lowest BCUT2D eigenvalue weighted by Crippen LogP contribution is -2.28. The number of hydrogen-bond acceptors (Lipinski definition) is 5. The van der Waals surface area contributed by atoms with Crippen LogP contribution in [-0.4, -0.2) is 43.8 Å². The molecule has 7 nitrogen and oxygen atoms in total. The minimum atomic E-state index is -0.00243. The molecule has 0 spiro atoms. The highest BCUT2D eigenvalue weighted by atomic mass is 16.5. The second-order valence-electron chi connectivity index (χ2n) is 5.96. The molecule has 0 N–H and O–H groups in total. The maximum Gasteiger partial charge on any atom is 0.257 e. The first kappa shape index (κ1) is 14.6. The molecule has 3 aromatic rings. The van der Waals surface area contributed by atoms with Gasteiger partial charge in [-0.15, -0.1) is 0 Å². The van der Waals surface area contributed by atoms with Gasteiger partial charge in [-0.05, 0) is 18.6 Å². The average molecular weight is 323 g/mol. The van der Waals surface area contributed by atoms with E-state index in [0.717, 1.165) is 12.0 Å². The van der Waals surface area contributed by atoms with Crippen molar-refractivity contribution in [3.63, 3.8) is 0 Å². The monoisotopic (exact) mass is 323 g/mol. The van der Waals surface area contributed by atoms with Crippen molar-refractivity contribution in [1.82, 2.24) is 24.8 Å². The van der Waals surface area contributed by atoms with Crippen LogP contribution in [0.5, 0.6) is 0 Å². The molecule has 0 radical (unpaired) electrons. The highest BCUT2D eigenvalue weighted by molar-refractivity contribution is 5.93. The van der Waals surface area contributed by atoms with E-state index in [0.29, 0.717) is 30.4 Å². The number of rotatable bonds is 3. The summed E-state index contributed by atoms with van der Waals surface area (Å²) in [4.78, 5) is 18.8. The fourth-order valence-electron chi connectivity index (χ4n) is 2.97. The van der Waals surface area contributed by atoms with E-state index in [4.69, 9.17) is 4.52 Å². The van der Waals surface area contributed by atoms with Crippen LogP contribution in [0.1, 0.15) is 28.5 Å². The van der Waals surface area contributed by atoms with Gasteiger partial charge in [-0.1, -0.05) is 23.4 Å². The summed E-state index contributed by atoms with van der Waals surface area (Å²) in [7, 11) is 1.80. The first-order chi connectivity index (χ1) is 11.7. The van der Waals surface area contributed by atoms with Gasteiger partial charge in [0.05, 0.1) is 11.8 Å². The molecule has 1 fully saturated rings. The summed E-state index contributed by atoms with van der Waals surface area (Å²) < 4.78 is 7.00. The van der Waals surface area contributed by atoms with Crippen molar-refractivity contribution in [2.24, 2.45) is 7.05 Å². The second kappa shape index (κ2) is 5.92. The van der Waals surface area contributed by atoms with Gasteiger partial charge >= 0.3 is 0 Å². The smallest absolute Gasteiger partial charge is 0.257 e. The van der Waals surface area contributed by atoms with Crippen LogP contribution >= 0.6 is 0 Å². The Bertz CT molecular complexity index is 855. The van der Waals surface area contributed by atoms with E-state index in [1.54, 1.807) is 24.1 Å². The third-order valence-corrected chi connectivity index (χ3v) is 4.25. The molecule has 0 bridgehead atoms. The molecule has 1 aliphatic heterocycles. The third kappa shape index (κ3) is 2.68. The van der Waals surface area contributed by atoms with Crippen molar-refractivity contribution in [3.05, 3.63) is 54.1 Å². The molecule has 122 valence electrons. The van der Waals surface area contributed by atoms with E-state index in [2.05, 4.69) is 15.2 Å². The summed E-state index contributed by atoms with van der Waals surface area (Å²) in [5, 5.41) is 8.16. The van der Waals surface area contributed by atoms with Gasteiger partial charge < -0.3 is 9.42 Å². The number of hydrogen-bond donors (Lipinski definition) is 0. The zero-order valence-corrected chi connectivity index (χ0v) is 13.3. The number of benzene rings is 1. The first-order valence-corrected chi connectivity index (χ1v) is 7.87. The van der Waals surface area contributed by atoms with E-state index in [1.807, 2.05) is 35.2 Å². The summed E-state index contributed by atoms with van der Waals surface area (Å²) in [6.07, 6.45) is 4.16. The van der Waals surface area contributed by atoms with Crippen LogP contribution in [0.25, 0.3) is 11.5 Å². The van der Waals surface area contributed by atoms with Crippen molar-refractivity contribution in [3.8, 4) is 11.5 Å². The van der Waals surface area contributed by atoms with Crippen molar-refractivity contribution in [1.29, 1.82) is 0 Å². The molecule has 1 amide bonds. The molecule has 1 atom stereocenters. The van der Waals surface area contributed by atoms with Crippen molar-refractivity contribution >= 4 is 5.91 Å². The highest BCUT2D eigenvalue weighted by Crippen LogP contribution is 2.28. The van der Waals surface area contributed by atoms with Crippen LogP contribution in [0.2, 0.25) is 0 Å². The lowest BCUT2D eigenvalue weighted by atomic mass is 10.1. The Kier molecular flexibility index (Phi) is 3.60. The standard InChI is InChI=1S/C17H17N5O2/c1-21-10-14(9-18-21)17(23)22-8-7-13(11-22)15-19-16(24-20-15)12-5-3-2-4-6-12/h2-6,9-10,13H,7-8,11H2,1H3. The summed E-state index contributed by atoms with van der Waals surface area (Å²) in [5.74, 6) is 1.28. The Morgan fingerprint density at radius 3 is 2.88 bits per heavy atom. The first-order valence-electron chi connectivity index (χ1n) is 7.87. The van der Waals surface area contributed by atoms with E-state index in [-0.39, 0.29) is 11.8 Å². The maximum atomic E-state index is 12.5. The SMILES string of the molecule is Cn1cc(C(=O)N2CCC(c3noc(-c4ccccc4)n3)C2)cn1. The van der Waals surface area contributed by atoms with Crippen LogP contribution in [-0.2, 0) is 7.05 Å². The number of amides is 1. The number of carbonyl (C=O) groups is 1. The van der Waals surface area contributed by atoms with Crippen LogP contribution in [0.4, 0.5) is 0 Å². The van der Waals surface area contributed by atoms with E-state index in [1.165, 1.54) is 0 Å². The highest BCUT2D eigenvalue weighted by Gasteiger charge is 2.31. The topological polar surface area (TPSA) is 77.0 Å². The molecule has 0 saturated carbocycles. The molecular weight excluding hydrogens is 306 g/mol. The van der Waals surface area contributed by atoms with E-state index < -0.39 is 0 Å². The number of aryl methyl sites for hydroxylation is 1. The van der Waals surface area contributed by atoms with Gasteiger partial charge in [-0.2, -0.15) is 10.1 Å².